The molecule has 0 saturated carbocycles. The molecule has 0 aliphatic rings. The first-order valence-corrected chi connectivity index (χ1v) is 6.91. The van der Waals surface area contributed by atoms with Gasteiger partial charge in [-0.15, -0.1) is 0 Å². The van der Waals surface area contributed by atoms with Crippen molar-refractivity contribution in [2.75, 3.05) is 13.1 Å². The molecule has 20 heavy (non-hydrogen) atoms. The number of rotatable bonds is 4. The summed E-state index contributed by atoms with van der Waals surface area (Å²) in [5, 5.41) is 2.81. The highest BCUT2D eigenvalue weighted by Crippen LogP contribution is 2.26. The van der Waals surface area contributed by atoms with Crippen molar-refractivity contribution >= 4 is 6.09 Å². The van der Waals surface area contributed by atoms with Gasteiger partial charge in [0, 0.05) is 29.9 Å². The molecule has 0 aliphatic carbocycles. The summed E-state index contributed by atoms with van der Waals surface area (Å²) < 4.78 is 5.25. The Morgan fingerprint density at radius 2 is 1.95 bits per heavy atom. The Balaban J connectivity index is 2.76. The van der Waals surface area contributed by atoms with Crippen molar-refractivity contribution in [3.63, 3.8) is 0 Å². The predicted molar refractivity (Wildman–Crippen MR) is 80.9 cm³/mol. The van der Waals surface area contributed by atoms with Crippen molar-refractivity contribution in [3.8, 4) is 0 Å². The van der Waals surface area contributed by atoms with Crippen LogP contribution < -0.4 is 11.1 Å². The van der Waals surface area contributed by atoms with Gasteiger partial charge in [-0.2, -0.15) is 0 Å². The molecule has 1 atom stereocenters. The third-order valence-corrected chi connectivity index (χ3v) is 3.27. The minimum absolute atomic E-state index is 0.314. The Hall–Kier alpha value is -1.49. The average molecular weight is 281 g/mol. The smallest absolute Gasteiger partial charge is 0.407 e. The summed E-state index contributed by atoms with van der Waals surface area (Å²) in [5.41, 5.74) is 8.42. The van der Waals surface area contributed by atoms with Crippen LogP contribution in [0.2, 0.25) is 0 Å². The van der Waals surface area contributed by atoms with E-state index in [0.717, 1.165) is 17.0 Å². The fourth-order valence-electron chi connectivity index (χ4n) is 2.21. The molecule has 0 aromatic carbocycles. The average Bonchev–Trinajstić information content (AvgIpc) is 2.64. The van der Waals surface area contributed by atoms with E-state index in [1.54, 1.807) is 0 Å². The van der Waals surface area contributed by atoms with Gasteiger partial charge in [0.2, 0.25) is 0 Å². The maximum Gasteiger partial charge on any atom is 0.407 e. The molecular formula is C15H27N3O2. The number of aromatic amines is 1. The van der Waals surface area contributed by atoms with Gasteiger partial charge < -0.3 is 20.8 Å². The van der Waals surface area contributed by atoms with Crippen molar-refractivity contribution in [2.24, 2.45) is 5.73 Å². The zero-order valence-electron chi connectivity index (χ0n) is 13.4. The van der Waals surface area contributed by atoms with Crippen LogP contribution in [0.4, 0.5) is 4.79 Å². The van der Waals surface area contributed by atoms with Gasteiger partial charge in [0.15, 0.2) is 0 Å². The fraction of sp³-hybridized carbons (Fsp3) is 0.667. The summed E-state index contributed by atoms with van der Waals surface area (Å²) in [6, 6.07) is 2.08. The van der Waals surface area contributed by atoms with Crippen molar-refractivity contribution in [2.45, 2.75) is 52.6 Å². The number of carbonyl (C=O) groups excluding carboxylic acids is 1. The second-order valence-corrected chi connectivity index (χ2v) is 6.61. The van der Waals surface area contributed by atoms with E-state index >= 15 is 0 Å². The molecule has 0 radical (unpaired) electrons. The van der Waals surface area contributed by atoms with Crippen LogP contribution in [0.1, 0.15) is 44.6 Å². The normalized spacial score (nSPS) is 14.8. The Labute approximate surface area is 121 Å². The fourth-order valence-corrected chi connectivity index (χ4v) is 2.21. The number of aromatic nitrogens is 1. The molecule has 1 aromatic heterocycles. The Morgan fingerprint density at radius 3 is 2.35 bits per heavy atom. The number of alkyl carbamates (subject to hydrolysis) is 1. The van der Waals surface area contributed by atoms with Gasteiger partial charge in [0.25, 0.3) is 0 Å². The number of nitrogens with one attached hydrogen (secondary N) is 2. The van der Waals surface area contributed by atoms with Gasteiger partial charge >= 0.3 is 6.09 Å². The molecule has 114 valence electrons. The molecule has 1 amide bonds. The molecule has 0 saturated heterocycles. The van der Waals surface area contributed by atoms with E-state index in [2.05, 4.69) is 16.4 Å². The topological polar surface area (TPSA) is 80.1 Å². The highest BCUT2D eigenvalue weighted by Gasteiger charge is 2.29. The first-order valence-electron chi connectivity index (χ1n) is 6.91. The highest BCUT2D eigenvalue weighted by molar-refractivity contribution is 5.67. The monoisotopic (exact) mass is 281 g/mol. The van der Waals surface area contributed by atoms with E-state index in [9.17, 15) is 4.79 Å². The minimum atomic E-state index is -0.496. The van der Waals surface area contributed by atoms with Gasteiger partial charge in [-0.05, 0) is 46.2 Å². The molecule has 0 bridgehead atoms. The number of aryl methyl sites for hydroxylation is 2. The van der Waals surface area contributed by atoms with Crippen LogP contribution in [0.5, 0.6) is 0 Å². The largest absolute Gasteiger partial charge is 0.444 e. The molecule has 4 N–H and O–H groups in total. The van der Waals surface area contributed by atoms with E-state index in [1.165, 1.54) is 0 Å². The number of ether oxygens (including phenoxy) is 1. The Morgan fingerprint density at radius 1 is 1.35 bits per heavy atom. The standard InChI is InChI=1S/C15H27N3O2/c1-10-7-12(11(2)18-10)15(6,8-16)9-17-13(19)20-14(3,4)5/h7,18H,8-9,16H2,1-6H3,(H,17,19). The van der Waals surface area contributed by atoms with Crippen molar-refractivity contribution in [1.29, 1.82) is 0 Å². The van der Waals surface area contributed by atoms with E-state index in [0.29, 0.717) is 13.1 Å². The summed E-state index contributed by atoms with van der Waals surface area (Å²) >= 11 is 0. The summed E-state index contributed by atoms with van der Waals surface area (Å²) in [4.78, 5) is 15.0. The number of hydrogen-bond acceptors (Lipinski definition) is 3. The summed E-state index contributed by atoms with van der Waals surface area (Å²) in [5.74, 6) is 0. The number of carbonyl (C=O) groups is 1. The zero-order valence-corrected chi connectivity index (χ0v) is 13.4. The van der Waals surface area contributed by atoms with Crippen molar-refractivity contribution in [1.82, 2.24) is 10.3 Å². The van der Waals surface area contributed by atoms with Crippen LogP contribution in [-0.4, -0.2) is 29.8 Å². The Kier molecular flexibility index (Phi) is 4.86. The van der Waals surface area contributed by atoms with Gasteiger partial charge in [-0.25, -0.2) is 4.79 Å². The van der Waals surface area contributed by atoms with E-state index in [1.807, 2.05) is 41.5 Å². The second-order valence-electron chi connectivity index (χ2n) is 6.61. The molecule has 1 aromatic rings. The van der Waals surface area contributed by atoms with Gasteiger partial charge in [0.1, 0.15) is 5.60 Å². The summed E-state index contributed by atoms with van der Waals surface area (Å²) in [6.45, 7) is 12.5. The van der Waals surface area contributed by atoms with Crippen LogP contribution in [0, 0.1) is 13.8 Å². The molecule has 1 heterocycles. The molecule has 1 rings (SSSR count). The van der Waals surface area contributed by atoms with Gasteiger partial charge in [-0.1, -0.05) is 6.92 Å². The maximum absolute atomic E-state index is 11.8. The number of nitrogens with two attached hydrogens (primary N) is 1. The van der Waals surface area contributed by atoms with E-state index in [-0.39, 0.29) is 5.41 Å². The van der Waals surface area contributed by atoms with Crippen molar-refractivity contribution < 1.29 is 9.53 Å². The van der Waals surface area contributed by atoms with Crippen LogP contribution in [-0.2, 0) is 10.2 Å². The van der Waals surface area contributed by atoms with Crippen LogP contribution in [0.3, 0.4) is 0 Å². The van der Waals surface area contributed by atoms with Crippen LogP contribution in [0.25, 0.3) is 0 Å². The number of H-pyrrole nitrogens is 1. The van der Waals surface area contributed by atoms with Crippen LogP contribution in [0.15, 0.2) is 6.07 Å². The highest BCUT2D eigenvalue weighted by atomic mass is 16.6. The second kappa shape index (κ2) is 5.87. The number of hydrogen-bond donors (Lipinski definition) is 3. The van der Waals surface area contributed by atoms with E-state index in [4.69, 9.17) is 10.5 Å². The first-order chi connectivity index (χ1) is 9.07. The third-order valence-electron chi connectivity index (χ3n) is 3.27. The third kappa shape index (κ3) is 4.27. The molecule has 1 unspecified atom stereocenters. The minimum Gasteiger partial charge on any atom is -0.444 e. The lowest BCUT2D eigenvalue weighted by Crippen LogP contribution is -2.45. The number of amides is 1. The van der Waals surface area contributed by atoms with Gasteiger partial charge in [0.05, 0.1) is 0 Å². The quantitative estimate of drug-likeness (QED) is 0.792. The molecule has 5 nitrogen and oxygen atoms in total. The molecule has 5 heteroatoms. The summed E-state index contributed by atoms with van der Waals surface area (Å²) in [7, 11) is 0. The summed E-state index contributed by atoms with van der Waals surface area (Å²) in [6.07, 6.45) is -0.415. The Bertz CT molecular complexity index is 474. The SMILES string of the molecule is Cc1cc(C(C)(CN)CNC(=O)OC(C)(C)C)c(C)[nH]1. The van der Waals surface area contributed by atoms with Gasteiger partial charge in [-0.3, -0.25) is 0 Å². The lowest BCUT2D eigenvalue weighted by atomic mass is 9.82. The zero-order chi connectivity index (χ0) is 15.6. The molecule has 0 fully saturated rings. The first kappa shape index (κ1) is 16.6. The maximum atomic E-state index is 11.8. The molecule has 0 spiro atoms. The predicted octanol–water partition coefficient (Wildman–Crippen LogP) is 2.37. The molecule has 0 aliphatic heterocycles. The molecular weight excluding hydrogens is 254 g/mol. The van der Waals surface area contributed by atoms with Crippen LogP contribution >= 0.6 is 0 Å². The lowest BCUT2D eigenvalue weighted by molar-refractivity contribution is 0.0516. The van der Waals surface area contributed by atoms with Crippen molar-refractivity contribution in [3.05, 3.63) is 23.0 Å². The lowest BCUT2D eigenvalue weighted by Gasteiger charge is -2.29. The van der Waals surface area contributed by atoms with E-state index < -0.39 is 11.7 Å².